The van der Waals surface area contributed by atoms with Gasteiger partial charge in [0.2, 0.25) is 8.03 Å². The van der Waals surface area contributed by atoms with Crippen molar-refractivity contribution >= 4 is 14.1 Å². The van der Waals surface area contributed by atoms with Gasteiger partial charge in [-0.1, -0.05) is 44.2 Å². The molecule has 0 saturated heterocycles. The fraction of sp³-hybridized carbons (Fsp3) is 0.417. The molecule has 2 unspecified atom stereocenters. The third-order valence-corrected chi connectivity index (χ3v) is 3.76. The lowest BCUT2D eigenvalue weighted by Crippen LogP contribution is -2.36. The van der Waals surface area contributed by atoms with E-state index in [0.29, 0.717) is 0 Å². The minimum atomic E-state index is -2.81. The van der Waals surface area contributed by atoms with E-state index in [1.807, 2.05) is 30.3 Å². The number of rotatable bonds is 5. The van der Waals surface area contributed by atoms with Crippen molar-refractivity contribution in [2.24, 2.45) is 5.92 Å². The quantitative estimate of drug-likeness (QED) is 0.806. The zero-order chi connectivity index (χ0) is 13.5. The van der Waals surface area contributed by atoms with Crippen LogP contribution in [0.3, 0.4) is 0 Å². The van der Waals surface area contributed by atoms with Crippen LogP contribution in [0, 0.1) is 5.92 Å². The van der Waals surface area contributed by atoms with Gasteiger partial charge in [0.1, 0.15) is 12.4 Å². The number of amides is 1. The first-order chi connectivity index (χ1) is 8.50. The van der Waals surface area contributed by atoms with Crippen molar-refractivity contribution in [3.05, 3.63) is 35.9 Å². The van der Waals surface area contributed by atoms with E-state index in [0.717, 1.165) is 5.56 Å². The van der Waals surface area contributed by atoms with Gasteiger partial charge in [-0.3, -0.25) is 4.57 Å². The molecule has 5 nitrogen and oxygen atoms in total. The van der Waals surface area contributed by atoms with E-state index in [4.69, 9.17) is 9.63 Å². The van der Waals surface area contributed by atoms with Crippen molar-refractivity contribution in [2.75, 3.05) is 0 Å². The second-order valence-corrected chi connectivity index (χ2v) is 5.56. The zero-order valence-electron chi connectivity index (χ0n) is 10.4. The van der Waals surface area contributed by atoms with Crippen molar-refractivity contribution < 1.29 is 19.0 Å². The first-order valence-corrected chi connectivity index (χ1v) is 7.14. The number of carbonyl (C=O) groups is 1. The molecular formula is C12H18NO4P. The van der Waals surface area contributed by atoms with E-state index < -0.39 is 19.9 Å². The molecule has 2 N–H and O–H groups in total. The lowest BCUT2D eigenvalue weighted by atomic mass is 10.2. The van der Waals surface area contributed by atoms with Crippen LogP contribution >= 0.6 is 8.03 Å². The largest absolute Gasteiger partial charge is 0.445 e. The zero-order valence-corrected chi connectivity index (χ0v) is 11.4. The van der Waals surface area contributed by atoms with Crippen LogP contribution in [-0.4, -0.2) is 16.8 Å². The molecule has 0 saturated carbocycles. The Kier molecular flexibility index (Phi) is 5.89. The van der Waals surface area contributed by atoms with Crippen molar-refractivity contribution in [2.45, 2.75) is 26.2 Å². The lowest BCUT2D eigenvalue weighted by Gasteiger charge is -2.18. The summed E-state index contributed by atoms with van der Waals surface area (Å²) in [6.07, 6.45) is -0.676. The third-order valence-electron chi connectivity index (χ3n) is 2.42. The molecule has 0 aliphatic rings. The van der Waals surface area contributed by atoms with Crippen LogP contribution in [0.2, 0.25) is 0 Å². The SMILES string of the molecule is CC(C)C(NC(=O)OCc1ccccc1)[PH](=O)O. The Labute approximate surface area is 107 Å². The highest BCUT2D eigenvalue weighted by Crippen LogP contribution is 2.26. The molecule has 0 bridgehead atoms. The summed E-state index contributed by atoms with van der Waals surface area (Å²) in [7, 11) is -2.81. The van der Waals surface area contributed by atoms with E-state index in [1.165, 1.54) is 0 Å². The van der Waals surface area contributed by atoms with Crippen molar-refractivity contribution in [1.82, 2.24) is 5.32 Å². The van der Waals surface area contributed by atoms with Gasteiger partial charge in [0.15, 0.2) is 0 Å². The molecule has 0 heterocycles. The van der Waals surface area contributed by atoms with Crippen LogP contribution in [0.4, 0.5) is 4.79 Å². The number of nitrogens with one attached hydrogen (secondary N) is 1. The molecule has 1 aromatic carbocycles. The fourth-order valence-electron chi connectivity index (χ4n) is 1.41. The summed E-state index contributed by atoms with van der Waals surface area (Å²) in [4.78, 5) is 20.6. The molecule has 6 heteroatoms. The molecule has 1 rings (SSSR count). The molecule has 0 fully saturated rings. The Morgan fingerprint density at radius 2 is 2.00 bits per heavy atom. The standard InChI is InChI=1S/C12H18NO4P/c1-9(2)11(18(15)16)13-12(14)17-8-10-6-4-3-5-7-10/h3-7,9,11,18H,8H2,1-2H3,(H,13,14)(H,15,16). The maximum Gasteiger partial charge on any atom is 0.408 e. The summed E-state index contributed by atoms with van der Waals surface area (Å²) in [6.45, 7) is 3.67. The molecule has 100 valence electrons. The van der Waals surface area contributed by atoms with E-state index in [9.17, 15) is 9.36 Å². The number of hydrogen-bond donors (Lipinski definition) is 2. The number of ether oxygens (including phenoxy) is 1. The Morgan fingerprint density at radius 1 is 1.39 bits per heavy atom. The summed E-state index contributed by atoms with van der Waals surface area (Å²) < 4.78 is 16.0. The molecule has 1 aromatic rings. The fourth-order valence-corrected chi connectivity index (χ4v) is 2.22. The van der Waals surface area contributed by atoms with Gasteiger partial charge in [-0.15, -0.1) is 0 Å². The van der Waals surface area contributed by atoms with Gasteiger partial charge in [-0.25, -0.2) is 4.79 Å². The first-order valence-electron chi connectivity index (χ1n) is 5.70. The minimum absolute atomic E-state index is 0.120. The minimum Gasteiger partial charge on any atom is -0.445 e. The van der Waals surface area contributed by atoms with Crippen molar-refractivity contribution in [3.8, 4) is 0 Å². The Balaban J connectivity index is 2.44. The highest BCUT2D eigenvalue weighted by Gasteiger charge is 2.21. The van der Waals surface area contributed by atoms with Crippen LogP contribution < -0.4 is 5.32 Å². The van der Waals surface area contributed by atoms with Gasteiger partial charge >= 0.3 is 6.09 Å². The highest BCUT2D eigenvalue weighted by molar-refractivity contribution is 7.38. The van der Waals surface area contributed by atoms with E-state index in [1.54, 1.807) is 13.8 Å². The number of benzene rings is 1. The van der Waals surface area contributed by atoms with Gasteiger partial charge in [-0.2, -0.15) is 0 Å². The summed E-state index contributed by atoms with van der Waals surface area (Å²) >= 11 is 0. The molecule has 0 aliphatic heterocycles. The maximum absolute atomic E-state index is 11.5. The molecular weight excluding hydrogens is 253 g/mol. The van der Waals surface area contributed by atoms with E-state index in [-0.39, 0.29) is 12.5 Å². The van der Waals surface area contributed by atoms with Crippen molar-refractivity contribution in [3.63, 3.8) is 0 Å². The maximum atomic E-state index is 11.5. The van der Waals surface area contributed by atoms with Crippen LogP contribution in [0.25, 0.3) is 0 Å². The van der Waals surface area contributed by atoms with Gasteiger partial charge in [0, 0.05) is 0 Å². The second-order valence-electron chi connectivity index (χ2n) is 4.27. The highest BCUT2D eigenvalue weighted by atomic mass is 31.1. The monoisotopic (exact) mass is 271 g/mol. The van der Waals surface area contributed by atoms with Crippen molar-refractivity contribution in [1.29, 1.82) is 0 Å². The van der Waals surface area contributed by atoms with Crippen LogP contribution in [-0.2, 0) is 15.9 Å². The molecule has 0 aliphatic carbocycles. The molecule has 1 amide bonds. The van der Waals surface area contributed by atoms with Crippen LogP contribution in [0.1, 0.15) is 19.4 Å². The predicted molar refractivity (Wildman–Crippen MR) is 69.6 cm³/mol. The number of carbonyl (C=O) groups excluding carboxylic acids is 1. The predicted octanol–water partition coefficient (Wildman–Crippen LogP) is 2.36. The average molecular weight is 271 g/mol. The molecule has 2 atom stereocenters. The summed E-state index contributed by atoms with van der Waals surface area (Å²) in [5, 5.41) is 2.41. The Morgan fingerprint density at radius 3 is 2.50 bits per heavy atom. The Bertz CT molecular complexity index is 408. The van der Waals surface area contributed by atoms with Gasteiger partial charge in [-0.05, 0) is 11.5 Å². The summed E-state index contributed by atoms with van der Waals surface area (Å²) in [5.74, 6) is -0.871. The number of alkyl carbamates (subject to hydrolysis) is 1. The first kappa shape index (κ1) is 14.7. The molecule has 0 spiro atoms. The molecule has 0 radical (unpaired) electrons. The molecule has 0 aromatic heterocycles. The second kappa shape index (κ2) is 7.19. The van der Waals surface area contributed by atoms with Crippen LogP contribution in [0.5, 0.6) is 0 Å². The average Bonchev–Trinajstić information content (AvgIpc) is 2.34. The van der Waals surface area contributed by atoms with E-state index in [2.05, 4.69) is 5.32 Å². The van der Waals surface area contributed by atoms with E-state index >= 15 is 0 Å². The van der Waals surface area contributed by atoms with Crippen LogP contribution in [0.15, 0.2) is 30.3 Å². The van der Waals surface area contributed by atoms with Gasteiger partial charge < -0.3 is 14.9 Å². The summed E-state index contributed by atoms with van der Waals surface area (Å²) in [5.41, 5.74) is 0.866. The lowest BCUT2D eigenvalue weighted by molar-refractivity contribution is 0.136. The molecule has 18 heavy (non-hydrogen) atoms. The normalized spacial score (nSPS) is 14.0. The Hall–Kier alpha value is -1.32. The number of hydrogen-bond acceptors (Lipinski definition) is 3. The summed E-state index contributed by atoms with van der Waals surface area (Å²) in [6, 6.07) is 9.24. The third kappa shape index (κ3) is 4.90. The van der Waals surface area contributed by atoms with Gasteiger partial charge in [0.25, 0.3) is 0 Å². The van der Waals surface area contributed by atoms with Gasteiger partial charge in [0.05, 0.1) is 0 Å². The topological polar surface area (TPSA) is 75.6 Å². The smallest absolute Gasteiger partial charge is 0.408 e.